The molecule has 3 heterocycles. The fourth-order valence-corrected chi connectivity index (χ4v) is 2.21. The lowest BCUT2D eigenvalue weighted by Crippen LogP contribution is -1.93. The number of hydrogen-bond acceptors (Lipinski definition) is 5. The number of furan rings is 1. The molecule has 0 bridgehead atoms. The topological polar surface area (TPSA) is 63.8 Å². The zero-order chi connectivity index (χ0) is 12.9. The van der Waals surface area contributed by atoms with Gasteiger partial charge in [0.15, 0.2) is 11.4 Å². The molecule has 19 heavy (non-hydrogen) atoms. The maximum absolute atomic E-state index is 6.22. The van der Waals surface area contributed by atoms with Gasteiger partial charge >= 0.3 is 0 Å². The van der Waals surface area contributed by atoms with E-state index in [1.54, 1.807) is 7.05 Å². The molecule has 0 radical (unpaired) electrons. The molecule has 0 amide bonds. The molecule has 100 valence electrons. The first kappa shape index (κ1) is 13.8. The van der Waals surface area contributed by atoms with Crippen molar-refractivity contribution in [2.45, 2.75) is 13.8 Å². The number of nitrogens with zero attached hydrogens (tertiary/aromatic N) is 3. The van der Waals surface area contributed by atoms with E-state index in [0.717, 1.165) is 22.2 Å². The van der Waals surface area contributed by atoms with E-state index >= 15 is 0 Å². The molecule has 3 rings (SSSR count). The van der Waals surface area contributed by atoms with Gasteiger partial charge in [-0.1, -0.05) is 11.6 Å². The third-order valence-corrected chi connectivity index (χ3v) is 3.54. The highest BCUT2D eigenvalue weighted by molar-refractivity contribution is 6.33. The predicted molar refractivity (Wildman–Crippen MR) is 78.4 cm³/mol. The Morgan fingerprint density at radius 1 is 1.26 bits per heavy atom. The second-order valence-corrected chi connectivity index (χ2v) is 4.45. The number of hydrogen-bond donors (Lipinski definition) is 1. The van der Waals surface area contributed by atoms with E-state index in [2.05, 4.69) is 20.3 Å². The van der Waals surface area contributed by atoms with E-state index in [0.29, 0.717) is 22.1 Å². The van der Waals surface area contributed by atoms with E-state index in [9.17, 15) is 0 Å². The molecule has 0 aliphatic carbocycles. The summed E-state index contributed by atoms with van der Waals surface area (Å²) in [5.41, 5.74) is 3.56. The summed E-state index contributed by atoms with van der Waals surface area (Å²) in [6, 6.07) is 0. The van der Waals surface area contributed by atoms with Gasteiger partial charge in [0.25, 0.3) is 0 Å². The summed E-state index contributed by atoms with van der Waals surface area (Å²) in [7, 11) is 1.79. The molecule has 3 aromatic heterocycles. The van der Waals surface area contributed by atoms with Gasteiger partial charge in [-0.2, -0.15) is 0 Å². The highest BCUT2D eigenvalue weighted by Crippen LogP contribution is 2.35. The van der Waals surface area contributed by atoms with E-state index in [1.807, 2.05) is 13.8 Å². The number of pyridine rings is 1. The van der Waals surface area contributed by atoms with Crippen molar-refractivity contribution in [2.24, 2.45) is 0 Å². The molecule has 0 atom stereocenters. The van der Waals surface area contributed by atoms with Crippen molar-refractivity contribution < 1.29 is 4.42 Å². The first-order chi connectivity index (χ1) is 8.63. The van der Waals surface area contributed by atoms with Gasteiger partial charge in [-0.3, -0.25) is 0 Å². The summed E-state index contributed by atoms with van der Waals surface area (Å²) in [4.78, 5) is 12.7. The molecule has 7 heteroatoms. The van der Waals surface area contributed by atoms with Crippen LogP contribution in [0, 0.1) is 13.8 Å². The van der Waals surface area contributed by atoms with E-state index in [4.69, 9.17) is 16.0 Å². The fraction of sp³-hybridized carbons (Fsp3) is 0.250. The van der Waals surface area contributed by atoms with Gasteiger partial charge in [0.05, 0.1) is 16.1 Å². The third kappa shape index (κ3) is 1.89. The minimum Gasteiger partial charge on any atom is -0.432 e. The van der Waals surface area contributed by atoms with Crippen LogP contribution in [0.3, 0.4) is 0 Å². The predicted octanol–water partition coefficient (Wildman–Crippen LogP) is 3.50. The molecule has 0 aromatic carbocycles. The van der Waals surface area contributed by atoms with Crippen LogP contribution in [0.5, 0.6) is 0 Å². The first-order valence-electron chi connectivity index (χ1n) is 5.51. The maximum Gasteiger partial charge on any atom is 0.229 e. The Hall–Kier alpha value is -1.59. The number of halogens is 2. The van der Waals surface area contributed by atoms with Gasteiger partial charge in [0.2, 0.25) is 5.71 Å². The van der Waals surface area contributed by atoms with Crippen LogP contribution in [-0.4, -0.2) is 22.0 Å². The first-order valence-corrected chi connectivity index (χ1v) is 5.89. The summed E-state index contributed by atoms with van der Waals surface area (Å²) in [5.74, 6) is 0.645. The van der Waals surface area contributed by atoms with Gasteiger partial charge in [0.1, 0.15) is 11.8 Å². The Kier molecular flexibility index (Phi) is 3.52. The lowest BCUT2D eigenvalue weighted by atomic mass is 10.1. The second kappa shape index (κ2) is 4.83. The molecule has 0 unspecified atom stereocenters. The van der Waals surface area contributed by atoms with Crippen molar-refractivity contribution in [1.82, 2.24) is 15.0 Å². The SMILES string of the molecule is CNc1ncnc2c1oc1nc(C)c(Cl)c(C)c12.Cl. The lowest BCUT2D eigenvalue weighted by molar-refractivity contribution is 0.651. The lowest BCUT2D eigenvalue weighted by Gasteiger charge is -2.01. The van der Waals surface area contributed by atoms with Gasteiger partial charge in [-0.15, -0.1) is 12.4 Å². The zero-order valence-electron chi connectivity index (χ0n) is 10.6. The molecule has 0 spiro atoms. The Morgan fingerprint density at radius 3 is 2.68 bits per heavy atom. The summed E-state index contributed by atoms with van der Waals surface area (Å²) < 4.78 is 5.73. The zero-order valence-corrected chi connectivity index (χ0v) is 12.2. The molecule has 0 saturated carbocycles. The third-order valence-electron chi connectivity index (χ3n) is 2.98. The summed E-state index contributed by atoms with van der Waals surface area (Å²) >= 11 is 6.22. The standard InChI is InChI=1S/C12H11ClN4O.ClH/c1-5-7-9-10(11(14-3)16-4-15-9)18-12(7)17-6(2)8(5)13;/h4H,1-3H3,(H,14,15,16);1H. The number of nitrogens with one attached hydrogen (secondary N) is 1. The normalized spacial score (nSPS) is 10.7. The highest BCUT2D eigenvalue weighted by atomic mass is 35.5. The maximum atomic E-state index is 6.22. The van der Waals surface area contributed by atoms with E-state index < -0.39 is 0 Å². The Balaban J connectivity index is 0.00000133. The van der Waals surface area contributed by atoms with Crippen molar-refractivity contribution >= 4 is 52.0 Å². The van der Waals surface area contributed by atoms with Crippen LogP contribution in [0.4, 0.5) is 5.82 Å². The number of aromatic nitrogens is 3. The molecule has 0 fully saturated rings. The fourth-order valence-electron chi connectivity index (χ4n) is 2.07. The molecule has 5 nitrogen and oxygen atoms in total. The average Bonchev–Trinajstić information content (AvgIpc) is 2.73. The van der Waals surface area contributed by atoms with Crippen molar-refractivity contribution in [3.05, 3.63) is 22.6 Å². The number of rotatable bonds is 1. The van der Waals surface area contributed by atoms with Gasteiger partial charge in [-0.05, 0) is 19.4 Å². The summed E-state index contributed by atoms with van der Waals surface area (Å²) in [6.07, 6.45) is 1.50. The Bertz CT molecular complexity index is 769. The van der Waals surface area contributed by atoms with Crippen LogP contribution in [0.15, 0.2) is 10.7 Å². The highest BCUT2D eigenvalue weighted by Gasteiger charge is 2.18. The summed E-state index contributed by atoms with van der Waals surface area (Å²) in [6.45, 7) is 3.79. The van der Waals surface area contributed by atoms with Crippen LogP contribution in [0.1, 0.15) is 11.3 Å². The van der Waals surface area contributed by atoms with Gasteiger partial charge in [-0.25, -0.2) is 15.0 Å². The van der Waals surface area contributed by atoms with Crippen molar-refractivity contribution in [1.29, 1.82) is 0 Å². The van der Waals surface area contributed by atoms with Gasteiger partial charge in [0, 0.05) is 7.05 Å². The van der Waals surface area contributed by atoms with Crippen LogP contribution in [-0.2, 0) is 0 Å². The van der Waals surface area contributed by atoms with E-state index in [1.165, 1.54) is 6.33 Å². The van der Waals surface area contributed by atoms with Crippen molar-refractivity contribution in [2.75, 3.05) is 12.4 Å². The molecule has 0 saturated heterocycles. The molecule has 1 N–H and O–H groups in total. The van der Waals surface area contributed by atoms with E-state index in [-0.39, 0.29) is 12.4 Å². The number of anilines is 1. The summed E-state index contributed by atoms with van der Waals surface area (Å²) in [5, 5.41) is 4.47. The second-order valence-electron chi connectivity index (χ2n) is 4.07. The smallest absolute Gasteiger partial charge is 0.229 e. The molecule has 3 aromatic rings. The minimum atomic E-state index is 0. The van der Waals surface area contributed by atoms with Crippen LogP contribution >= 0.6 is 24.0 Å². The molecule has 0 aliphatic rings. The van der Waals surface area contributed by atoms with Crippen LogP contribution < -0.4 is 5.32 Å². The minimum absolute atomic E-state index is 0. The number of aryl methyl sites for hydroxylation is 2. The average molecular weight is 299 g/mol. The van der Waals surface area contributed by atoms with Crippen LogP contribution in [0.2, 0.25) is 5.02 Å². The van der Waals surface area contributed by atoms with Crippen molar-refractivity contribution in [3.8, 4) is 0 Å². The Morgan fingerprint density at radius 2 is 2.00 bits per heavy atom. The monoisotopic (exact) mass is 298 g/mol. The largest absolute Gasteiger partial charge is 0.432 e. The quantitative estimate of drug-likeness (QED) is 0.745. The van der Waals surface area contributed by atoms with Crippen molar-refractivity contribution in [3.63, 3.8) is 0 Å². The molecular weight excluding hydrogens is 287 g/mol. The molecular formula is C12H12Cl2N4O. The van der Waals surface area contributed by atoms with Gasteiger partial charge < -0.3 is 9.73 Å². The Labute approximate surface area is 120 Å². The van der Waals surface area contributed by atoms with Crippen LogP contribution in [0.25, 0.3) is 22.2 Å². The molecule has 0 aliphatic heterocycles. The number of fused-ring (bicyclic) bond motifs is 3.